The lowest BCUT2D eigenvalue weighted by atomic mass is 10.2. The Bertz CT molecular complexity index is 2770. The minimum absolute atomic E-state index is 0.119. The van der Waals surface area contributed by atoms with Crippen molar-refractivity contribution in [3.05, 3.63) is 239 Å². The maximum Gasteiger partial charge on any atom is 0.416 e. The third-order valence-corrected chi connectivity index (χ3v) is 21.5. The van der Waals surface area contributed by atoms with E-state index in [4.69, 9.17) is 4.74 Å². The van der Waals surface area contributed by atoms with E-state index in [1.54, 1.807) is 24.3 Å². The number of halogens is 18. The fourth-order valence-corrected chi connectivity index (χ4v) is 17.2. The highest BCUT2D eigenvalue weighted by Crippen LogP contribution is 2.60. The average molecular weight is 1130 g/mol. The zero-order valence-electron chi connectivity index (χ0n) is 39.0. The van der Waals surface area contributed by atoms with Gasteiger partial charge in [0.2, 0.25) is 0 Å². The molecule has 400 valence electrons. The Labute approximate surface area is 428 Å². The first kappa shape index (κ1) is 56.4. The zero-order chi connectivity index (χ0) is 56.0. The Morgan fingerprint density at radius 2 is 0.377 bits per heavy atom. The number of benzene rings is 8. The summed E-state index contributed by atoms with van der Waals surface area (Å²) in [6, 6.07) is 35.3. The Hall–Kier alpha value is -6.84. The minimum atomic E-state index is -4.79. The van der Waals surface area contributed by atoms with E-state index in [1.807, 2.05) is 0 Å². The topological polar surface area (TPSA) is 9.23 Å². The van der Waals surface area contributed by atoms with Gasteiger partial charge in [0.05, 0.1) is 45.7 Å². The van der Waals surface area contributed by atoms with E-state index >= 15 is 0 Å². The second-order valence-corrected chi connectivity index (χ2v) is 24.6. The Morgan fingerprint density at radius 3 is 0.519 bits per heavy atom. The van der Waals surface area contributed by atoms with E-state index in [0.717, 1.165) is 146 Å². The van der Waals surface area contributed by atoms with E-state index in [9.17, 15) is 79.0 Å². The molecule has 0 atom stereocenters. The van der Waals surface area contributed by atoms with Crippen LogP contribution in [0.1, 0.15) is 44.5 Å². The molecule has 21 heteroatoms. The standard InChI is InChI=1S/C56H36F18OP2/c57-51(58,59)37-5-21-45(22-6-37)76(46-23-7-38(8-24-46)52(60,61)62,47-25-9-39(10-26-47)53(63,64)65)33-35-1-17-43(18-2-35)75-44-19-3-36(4-20-44)34-77(48-27-11-40(12-28-48)54(66,67)68,49-29-13-41(14-30-49)55(69,70)71)50-31-15-42(16-32-50)56(72,73)74/h1-32H,33-34H2/q+2. The number of hydrogen-bond donors (Lipinski definition) is 0. The molecule has 0 heterocycles. The summed E-state index contributed by atoms with van der Waals surface area (Å²) >= 11 is 0. The van der Waals surface area contributed by atoms with Crippen LogP contribution in [0.4, 0.5) is 79.0 Å². The van der Waals surface area contributed by atoms with E-state index in [0.29, 0.717) is 11.1 Å². The zero-order valence-corrected chi connectivity index (χ0v) is 40.8. The summed E-state index contributed by atoms with van der Waals surface area (Å²) in [7, 11) is -6.97. The molecule has 0 saturated heterocycles. The number of ether oxygens (including phenoxy) is 1. The molecule has 0 unspecified atom stereocenters. The maximum absolute atomic E-state index is 13.8. The van der Waals surface area contributed by atoms with Crippen LogP contribution in [0.15, 0.2) is 194 Å². The average Bonchev–Trinajstić information content (AvgIpc) is 3.38. The molecule has 0 aliphatic heterocycles. The maximum atomic E-state index is 13.8. The first-order chi connectivity index (χ1) is 35.9. The molecule has 8 aromatic rings. The molecule has 8 rings (SSSR count). The molecule has 0 aliphatic carbocycles. The highest BCUT2D eigenvalue weighted by atomic mass is 31.2. The third kappa shape index (κ3) is 12.3. The Kier molecular flexibility index (Phi) is 15.3. The van der Waals surface area contributed by atoms with E-state index in [2.05, 4.69) is 0 Å². The van der Waals surface area contributed by atoms with Crippen molar-refractivity contribution in [2.24, 2.45) is 0 Å². The summed E-state index contributed by atoms with van der Waals surface area (Å²) in [6.07, 6.45) is -29.0. The highest BCUT2D eigenvalue weighted by Gasteiger charge is 2.49. The van der Waals surface area contributed by atoms with E-state index in [-0.39, 0.29) is 55.7 Å². The number of hydrogen-bond acceptors (Lipinski definition) is 1. The van der Waals surface area contributed by atoms with E-state index < -0.39 is 85.0 Å². The van der Waals surface area contributed by atoms with Crippen molar-refractivity contribution in [1.29, 1.82) is 0 Å². The lowest BCUT2D eigenvalue weighted by molar-refractivity contribution is -0.138. The van der Waals surface area contributed by atoms with Gasteiger partial charge in [-0.25, -0.2) is 0 Å². The lowest BCUT2D eigenvalue weighted by Gasteiger charge is -2.29. The highest BCUT2D eigenvalue weighted by molar-refractivity contribution is 7.95. The van der Waals surface area contributed by atoms with Gasteiger partial charge in [-0.3, -0.25) is 0 Å². The van der Waals surface area contributed by atoms with Crippen molar-refractivity contribution >= 4 is 46.4 Å². The molecule has 0 amide bonds. The van der Waals surface area contributed by atoms with Crippen LogP contribution in [0.3, 0.4) is 0 Å². The first-order valence-electron chi connectivity index (χ1n) is 22.6. The molecule has 77 heavy (non-hydrogen) atoms. The van der Waals surface area contributed by atoms with Gasteiger partial charge in [-0.1, -0.05) is 24.3 Å². The van der Waals surface area contributed by atoms with Gasteiger partial charge in [0.15, 0.2) is 0 Å². The molecule has 0 N–H and O–H groups in total. The van der Waals surface area contributed by atoms with Crippen molar-refractivity contribution in [2.45, 2.75) is 49.4 Å². The van der Waals surface area contributed by atoms with Crippen molar-refractivity contribution in [3.8, 4) is 11.5 Å². The summed E-state index contributed by atoms with van der Waals surface area (Å²) in [5.74, 6) is 0.371. The van der Waals surface area contributed by atoms with Crippen LogP contribution in [0.5, 0.6) is 11.5 Å². The van der Waals surface area contributed by atoms with Crippen LogP contribution < -0.4 is 36.6 Å². The molecule has 0 saturated carbocycles. The molecule has 0 spiro atoms. The van der Waals surface area contributed by atoms with Crippen molar-refractivity contribution in [1.82, 2.24) is 0 Å². The van der Waals surface area contributed by atoms with Gasteiger partial charge in [0, 0.05) is 0 Å². The summed E-state index contributed by atoms with van der Waals surface area (Å²) < 4.78 is 255. The van der Waals surface area contributed by atoms with Crippen LogP contribution >= 0.6 is 14.5 Å². The van der Waals surface area contributed by atoms with Gasteiger partial charge in [-0.05, 0) is 181 Å². The van der Waals surface area contributed by atoms with Crippen molar-refractivity contribution < 1.29 is 83.8 Å². The predicted molar refractivity (Wildman–Crippen MR) is 261 cm³/mol. The first-order valence-corrected chi connectivity index (χ1v) is 26.5. The smallest absolute Gasteiger partial charge is 0.416 e. The second kappa shape index (κ2) is 20.8. The molecule has 1 nitrogen and oxygen atoms in total. The molecule has 0 aliphatic rings. The third-order valence-electron chi connectivity index (χ3n) is 12.7. The summed E-state index contributed by atoms with van der Waals surface area (Å²) in [6.45, 7) is 0. The Morgan fingerprint density at radius 1 is 0.221 bits per heavy atom. The summed E-state index contributed by atoms with van der Waals surface area (Å²) in [5, 5.41) is 1.20. The monoisotopic (exact) mass is 1130 g/mol. The van der Waals surface area contributed by atoms with Crippen LogP contribution in [-0.2, 0) is 49.4 Å². The van der Waals surface area contributed by atoms with Gasteiger partial charge < -0.3 is 4.74 Å². The van der Waals surface area contributed by atoms with E-state index in [1.165, 1.54) is 24.3 Å². The SMILES string of the molecule is FC(F)(F)c1ccc([P+](Cc2ccc(Oc3ccc(C[P+](c4ccc(C(F)(F)F)cc4)(c4ccc(C(F)(F)F)cc4)c4ccc(C(F)(F)F)cc4)cc3)cc2)(c2ccc(C(F)(F)F)cc2)c2ccc(C(F)(F)F)cc2)cc1. The molecular weight excluding hydrogens is 1090 g/mol. The second-order valence-electron chi connectivity index (χ2n) is 17.6. The van der Waals surface area contributed by atoms with Gasteiger partial charge in [0.25, 0.3) is 0 Å². The van der Waals surface area contributed by atoms with Gasteiger partial charge >= 0.3 is 37.1 Å². The van der Waals surface area contributed by atoms with Gasteiger partial charge in [-0.2, -0.15) is 79.0 Å². The molecular formula is C56H36F18OP2+2. The molecule has 0 aromatic heterocycles. The van der Waals surface area contributed by atoms with Crippen molar-refractivity contribution in [2.75, 3.05) is 0 Å². The molecule has 0 fully saturated rings. The van der Waals surface area contributed by atoms with Gasteiger partial charge in [-0.15, -0.1) is 0 Å². The Balaban J connectivity index is 1.16. The van der Waals surface area contributed by atoms with Gasteiger partial charge in [0.1, 0.15) is 57.9 Å². The van der Waals surface area contributed by atoms with Crippen LogP contribution in [-0.4, -0.2) is 0 Å². The fourth-order valence-electron chi connectivity index (χ4n) is 8.88. The quantitative estimate of drug-likeness (QED) is 0.0875. The van der Waals surface area contributed by atoms with Crippen LogP contribution in [0.25, 0.3) is 0 Å². The van der Waals surface area contributed by atoms with Crippen LogP contribution in [0, 0.1) is 0 Å². The minimum Gasteiger partial charge on any atom is -0.457 e. The number of rotatable bonds is 12. The summed E-state index contributed by atoms with van der Waals surface area (Å²) in [5.41, 5.74) is -5.41. The largest absolute Gasteiger partial charge is 0.457 e. The van der Waals surface area contributed by atoms with Crippen LogP contribution in [0.2, 0.25) is 0 Å². The normalized spacial score (nSPS) is 13.2. The number of alkyl halides is 18. The molecule has 0 bridgehead atoms. The summed E-state index contributed by atoms with van der Waals surface area (Å²) in [4.78, 5) is 0. The predicted octanol–water partition coefficient (Wildman–Crippen LogP) is 16.6. The lowest BCUT2D eigenvalue weighted by Crippen LogP contribution is -2.33. The molecule has 0 radical (unpaired) electrons. The van der Waals surface area contributed by atoms with Crippen molar-refractivity contribution in [3.63, 3.8) is 0 Å². The molecule has 8 aromatic carbocycles. The fraction of sp³-hybridized carbons (Fsp3) is 0.143.